The van der Waals surface area contributed by atoms with Crippen LogP contribution in [0.1, 0.15) is 6.42 Å². The van der Waals surface area contributed by atoms with Gasteiger partial charge in [-0.1, -0.05) is 12.1 Å². The van der Waals surface area contributed by atoms with Gasteiger partial charge in [-0.05, 0) is 34.7 Å². The molecule has 2 nitrogen and oxygen atoms in total. The molecule has 12 heavy (non-hydrogen) atoms. The highest BCUT2D eigenvalue weighted by atomic mass is 127. The predicted molar refractivity (Wildman–Crippen MR) is 55.3 cm³/mol. The van der Waals surface area contributed by atoms with Gasteiger partial charge in [-0.3, -0.25) is 0 Å². The van der Waals surface area contributed by atoms with Gasteiger partial charge in [0.25, 0.3) is 0 Å². The Bertz CT molecular complexity index is 260. The van der Waals surface area contributed by atoms with Crippen LogP contribution in [-0.4, -0.2) is 12.9 Å². The Labute approximate surface area is 85.1 Å². The highest BCUT2D eigenvalue weighted by molar-refractivity contribution is 14.1. The summed E-state index contributed by atoms with van der Waals surface area (Å²) in [7, 11) is 0. The number of hydrogen-bond donors (Lipinski definition) is 0. The first kappa shape index (κ1) is 9.51. The summed E-state index contributed by atoms with van der Waals surface area (Å²) in [5.74, 6) is 0.847. The number of carbonyl (C=O) groups is 1. The van der Waals surface area contributed by atoms with E-state index in [2.05, 4.69) is 22.6 Å². The lowest BCUT2D eigenvalue weighted by Crippen LogP contribution is -1.98. The average molecular weight is 276 g/mol. The van der Waals surface area contributed by atoms with Crippen molar-refractivity contribution in [2.75, 3.05) is 6.61 Å². The summed E-state index contributed by atoms with van der Waals surface area (Å²) in [6.07, 6.45) is 1.31. The lowest BCUT2D eigenvalue weighted by molar-refractivity contribution is -0.108. The zero-order valence-electron chi connectivity index (χ0n) is 6.50. The Morgan fingerprint density at radius 3 is 2.83 bits per heavy atom. The zero-order chi connectivity index (χ0) is 8.81. The Morgan fingerprint density at radius 1 is 1.42 bits per heavy atom. The van der Waals surface area contributed by atoms with Gasteiger partial charge in [0.2, 0.25) is 0 Å². The van der Waals surface area contributed by atoms with E-state index >= 15 is 0 Å². The lowest BCUT2D eigenvalue weighted by Gasteiger charge is -2.04. The summed E-state index contributed by atoms with van der Waals surface area (Å²) in [5, 5.41) is 0. The van der Waals surface area contributed by atoms with Crippen LogP contribution in [0.15, 0.2) is 24.3 Å². The monoisotopic (exact) mass is 276 g/mol. The van der Waals surface area contributed by atoms with Gasteiger partial charge in [-0.25, -0.2) is 0 Å². The minimum atomic E-state index is 0.449. The number of hydrogen-bond acceptors (Lipinski definition) is 2. The molecule has 64 valence electrons. The molecule has 0 atom stereocenters. The Balaban J connectivity index is 2.51. The molecule has 0 radical (unpaired) electrons. The summed E-state index contributed by atoms with van der Waals surface area (Å²) < 4.78 is 6.41. The first-order valence-electron chi connectivity index (χ1n) is 3.65. The molecule has 0 aliphatic heterocycles. The first-order chi connectivity index (χ1) is 5.84. The molecular weight excluding hydrogens is 267 g/mol. The van der Waals surface area contributed by atoms with Crippen LogP contribution in [0.4, 0.5) is 0 Å². The molecule has 0 saturated carbocycles. The topological polar surface area (TPSA) is 26.3 Å². The lowest BCUT2D eigenvalue weighted by atomic mass is 10.3. The third-order valence-corrected chi connectivity index (χ3v) is 2.22. The van der Waals surface area contributed by atoms with Crippen LogP contribution in [0.5, 0.6) is 5.75 Å². The van der Waals surface area contributed by atoms with Gasteiger partial charge in [-0.2, -0.15) is 0 Å². The van der Waals surface area contributed by atoms with Crippen LogP contribution in [-0.2, 0) is 4.79 Å². The smallest absolute Gasteiger partial charge is 0.132 e. The number of aldehydes is 1. The Hall–Kier alpha value is -0.580. The molecule has 0 aromatic heterocycles. The van der Waals surface area contributed by atoms with Gasteiger partial charge < -0.3 is 9.53 Å². The average Bonchev–Trinajstić information content (AvgIpc) is 2.09. The van der Waals surface area contributed by atoms with E-state index in [1.165, 1.54) is 0 Å². The molecule has 0 saturated heterocycles. The second-order valence-corrected chi connectivity index (χ2v) is 3.40. The van der Waals surface area contributed by atoms with Crippen LogP contribution in [0.3, 0.4) is 0 Å². The fraction of sp³-hybridized carbons (Fsp3) is 0.222. The van der Waals surface area contributed by atoms with Gasteiger partial charge in [0.1, 0.15) is 12.0 Å². The summed E-state index contributed by atoms with van der Waals surface area (Å²) in [5.41, 5.74) is 0. The van der Waals surface area contributed by atoms with Crippen molar-refractivity contribution in [2.24, 2.45) is 0 Å². The van der Waals surface area contributed by atoms with E-state index in [0.717, 1.165) is 15.6 Å². The quantitative estimate of drug-likeness (QED) is 0.479. The Morgan fingerprint density at radius 2 is 2.17 bits per heavy atom. The van der Waals surface area contributed by atoms with Crippen LogP contribution in [0.25, 0.3) is 0 Å². The summed E-state index contributed by atoms with van der Waals surface area (Å²) in [4.78, 5) is 10.00. The number of rotatable bonds is 4. The van der Waals surface area contributed by atoms with Crippen LogP contribution in [0, 0.1) is 3.57 Å². The molecule has 0 amide bonds. The maximum Gasteiger partial charge on any atom is 0.132 e. The summed E-state index contributed by atoms with van der Waals surface area (Å²) in [6, 6.07) is 7.73. The normalized spacial score (nSPS) is 9.42. The second kappa shape index (κ2) is 5.13. The predicted octanol–water partition coefficient (Wildman–Crippen LogP) is 2.26. The highest BCUT2D eigenvalue weighted by Gasteiger charge is 1.96. The van der Waals surface area contributed by atoms with Crippen LogP contribution < -0.4 is 4.74 Å². The van der Waals surface area contributed by atoms with Crippen LogP contribution >= 0.6 is 22.6 Å². The first-order valence-corrected chi connectivity index (χ1v) is 4.73. The summed E-state index contributed by atoms with van der Waals surface area (Å²) in [6.45, 7) is 0.462. The number of ether oxygens (including phenoxy) is 1. The zero-order valence-corrected chi connectivity index (χ0v) is 8.65. The molecule has 1 aromatic carbocycles. The minimum Gasteiger partial charge on any atom is -0.492 e. The van der Waals surface area contributed by atoms with E-state index < -0.39 is 0 Å². The van der Waals surface area contributed by atoms with Gasteiger partial charge >= 0.3 is 0 Å². The van der Waals surface area contributed by atoms with Crippen molar-refractivity contribution in [1.29, 1.82) is 0 Å². The molecule has 3 heteroatoms. The van der Waals surface area contributed by atoms with Crippen molar-refractivity contribution < 1.29 is 9.53 Å². The minimum absolute atomic E-state index is 0.449. The molecule has 0 unspecified atom stereocenters. The molecule has 0 N–H and O–H groups in total. The van der Waals surface area contributed by atoms with E-state index in [1.807, 2.05) is 24.3 Å². The fourth-order valence-corrected chi connectivity index (χ4v) is 1.32. The SMILES string of the molecule is O=CCCOc1ccccc1I. The molecule has 1 rings (SSSR count). The van der Waals surface area contributed by atoms with Crippen molar-refractivity contribution in [3.05, 3.63) is 27.8 Å². The molecule has 0 bridgehead atoms. The van der Waals surface area contributed by atoms with Crippen LogP contribution in [0.2, 0.25) is 0 Å². The maximum atomic E-state index is 10.00. The molecular formula is C9H9IO2. The molecule has 0 fully saturated rings. The van der Waals surface area contributed by atoms with Crippen molar-refractivity contribution in [3.63, 3.8) is 0 Å². The van der Waals surface area contributed by atoms with Gasteiger partial charge in [0, 0.05) is 6.42 Å². The molecule has 0 aliphatic rings. The standard InChI is InChI=1S/C9H9IO2/c10-8-4-1-2-5-9(8)12-7-3-6-11/h1-2,4-6H,3,7H2. The van der Waals surface area contributed by atoms with Gasteiger partial charge in [0.15, 0.2) is 0 Å². The van der Waals surface area contributed by atoms with E-state index in [4.69, 9.17) is 4.74 Å². The van der Waals surface area contributed by atoms with Crippen molar-refractivity contribution >= 4 is 28.9 Å². The number of para-hydroxylation sites is 1. The number of carbonyl (C=O) groups excluding carboxylic acids is 1. The Kier molecular flexibility index (Phi) is 4.07. The maximum absolute atomic E-state index is 10.00. The van der Waals surface area contributed by atoms with E-state index in [-0.39, 0.29) is 0 Å². The fourth-order valence-electron chi connectivity index (χ4n) is 0.779. The molecule has 0 spiro atoms. The molecule has 0 aliphatic carbocycles. The second-order valence-electron chi connectivity index (χ2n) is 2.23. The highest BCUT2D eigenvalue weighted by Crippen LogP contribution is 2.19. The van der Waals surface area contributed by atoms with E-state index in [1.54, 1.807) is 0 Å². The summed E-state index contributed by atoms with van der Waals surface area (Å²) >= 11 is 2.20. The van der Waals surface area contributed by atoms with Gasteiger partial charge in [-0.15, -0.1) is 0 Å². The number of benzene rings is 1. The van der Waals surface area contributed by atoms with Crippen molar-refractivity contribution in [3.8, 4) is 5.75 Å². The van der Waals surface area contributed by atoms with E-state index in [0.29, 0.717) is 13.0 Å². The molecule has 0 heterocycles. The molecule has 1 aromatic rings. The largest absolute Gasteiger partial charge is 0.492 e. The van der Waals surface area contributed by atoms with Gasteiger partial charge in [0.05, 0.1) is 10.2 Å². The third-order valence-electron chi connectivity index (χ3n) is 1.33. The number of halogens is 1. The van der Waals surface area contributed by atoms with Crippen molar-refractivity contribution in [2.45, 2.75) is 6.42 Å². The van der Waals surface area contributed by atoms with E-state index in [9.17, 15) is 4.79 Å². The third kappa shape index (κ3) is 2.81. The van der Waals surface area contributed by atoms with Crippen molar-refractivity contribution in [1.82, 2.24) is 0 Å².